The Bertz CT molecular complexity index is 143. The van der Waals surface area contributed by atoms with Crippen molar-refractivity contribution in [1.82, 2.24) is 5.32 Å². The molecule has 1 rings (SSSR count). The maximum absolute atomic E-state index is 10.5. The van der Waals surface area contributed by atoms with Gasteiger partial charge >= 0.3 is 0 Å². The van der Waals surface area contributed by atoms with Crippen molar-refractivity contribution in [2.24, 2.45) is 5.41 Å². The van der Waals surface area contributed by atoms with Crippen LogP contribution in [-0.4, -0.2) is 11.9 Å². The zero-order valence-corrected chi connectivity index (χ0v) is 6.90. The maximum atomic E-state index is 10.5. The molecule has 0 aliphatic heterocycles. The minimum atomic E-state index is 0.0977. The van der Waals surface area contributed by atoms with Crippen molar-refractivity contribution in [3.05, 3.63) is 0 Å². The molecule has 1 fully saturated rings. The highest BCUT2D eigenvalue weighted by molar-refractivity contribution is 5.73. The third-order valence-corrected chi connectivity index (χ3v) is 2.01. The molecular formula is C8H15NO. The van der Waals surface area contributed by atoms with Crippen LogP contribution in [0.5, 0.6) is 0 Å². The molecule has 58 valence electrons. The molecule has 1 aliphatic carbocycles. The monoisotopic (exact) mass is 141 g/mol. The van der Waals surface area contributed by atoms with Crippen LogP contribution < -0.4 is 5.32 Å². The third kappa shape index (κ3) is 1.72. The lowest BCUT2D eigenvalue weighted by molar-refractivity contribution is -0.121. The van der Waals surface area contributed by atoms with Gasteiger partial charge in [0, 0.05) is 13.0 Å². The highest BCUT2D eigenvalue weighted by Crippen LogP contribution is 2.39. The van der Waals surface area contributed by atoms with Gasteiger partial charge in [-0.2, -0.15) is 0 Å². The molecule has 0 heterocycles. The van der Waals surface area contributed by atoms with Crippen LogP contribution in [0.25, 0.3) is 0 Å². The molecule has 10 heavy (non-hydrogen) atoms. The average Bonchev–Trinajstić information content (AvgIpc) is 1.57. The third-order valence-electron chi connectivity index (χ3n) is 2.01. The Balaban J connectivity index is 2.21. The van der Waals surface area contributed by atoms with Crippen LogP contribution in [0.4, 0.5) is 0 Å². The van der Waals surface area contributed by atoms with Crippen LogP contribution in [0.1, 0.15) is 33.6 Å². The van der Waals surface area contributed by atoms with E-state index in [2.05, 4.69) is 19.2 Å². The molecule has 0 spiro atoms. The van der Waals surface area contributed by atoms with E-state index in [4.69, 9.17) is 0 Å². The van der Waals surface area contributed by atoms with Crippen LogP contribution in [0.3, 0.4) is 0 Å². The van der Waals surface area contributed by atoms with Crippen molar-refractivity contribution in [3.63, 3.8) is 0 Å². The average molecular weight is 141 g/mol. The molecule has 0 aromatic carbocycles. The number of rotatable bonds is 1. The number of nitrogens with one attached hydrogen (secondary N) is 1. The lowest BCUT2D eigenvalue weighted by Gasteiger charge is -2.42. The van der Waals surface area contributed by atoms with E-state index in [1.807, 2.05) is 0 Å². The maximum Gasteiger partial charge on any atom is 0.217 e. The summed E-state index contributed by atoms with van der Waals surface area (Å²) < 4.78 is 0. The summed E-state index contributed by atoms with van der Waals surface area (Å²) in [7, 11) is 0. The van der Waals surface area contributed by atoms with Gasteiger partial charge in [0.15, 0.2) is 0 Å². The molecule has 2 heteroatoms. The van der Waals surface area contributed by atoms with Crippen molar-refractivity contribution < 1.29 is 4.79 Å². The summed E-state index contributed by atoms with van der Waals surface area (Å²) in [6.07, 6.45) is 2.26. The second-order valence-corrected chi connectivity index (χ2v) is 3.97. The standard InChI is InChI=1S/C8H15NO/c1-6(10)9-7-4-8(2,3)5-7/h7H,4-5H2,1-3H3,(H,9,10). The predicted molar refractivity (Wildman–Crippen MR) is 40.6 cm³/mol. The fourth-order valence-corrected chi connectivity index (χ4v) is 1.66. The largest absolute Gasteiger partial charge is 0.354 e. The first kappa shape index (κ1) is 7.58. The van der Waals surface area contributed by atoms with Crippen LogP contribution >= 0.6 is 0 Å². The molecule has 1 aliphatic rings. The van der Waals surface area contributed by atoms with E-state index in [9.17, 15) is 4.79 Å². The lowest BCUT2D eigenvalue weighted by atomic mass is 9.68. The Hall–Kier alpha value is -0.530. The Morgan fingerprint density at radius 1 is 1.50 bits per heavy atom. The van der Waals surface area contributed by atoms with Gasteiger partial charge in [0.05, 0.1) is 0 Å². The Morgan fingerprint density at radius 2 is 2.00 bits per heavy atom. The quantitative estimate of drug-likeness (QED) is 0.586. The van der Waals surface area contributed by atoms with E-state index in [0.717, 1.165) is 12.8 Å². The molecule has 0 bridgehead atoms. The van der Waals surface area contributed by atoms with Crippen LogP contribution in [0, 0.1) is 5.41 Å². The molecule has 0 atom stereocenters. The van der Waals surface area contributed by atoms with Crippen molar-refractivity contribution in [3.8, 4) is 0 Å². The van der Waals surface area contributed by atoms with E-state index < -0.39 is 0 Å². The van der Waals surface area contributed by atoms with E-state index in [-0.39, 0.29) is 5.91 Å². The molecular weight excluding hydrogens is 126 g/mol. The summed E-state index contributed by atoms with van der Waals surface area (Å²) >= 11 is 0. The van der Waals surface area contributed by atoms with Gasteiger partial charge in [0.25, 0.3) is 0 Å². The number of hydrogen-bond donors (Lipinski definition) is 1. The van der Waals surface area contributed by atoms with Crippen LogP contribution in [0.2, 0.25) is 0 Å². The Labute approximate surface area is 62.0 Å². The Kier molecular flexibility index (Phi) is 1.71. The lowest BCUT2D eigenvalue weighted by Crippen LogP contribution is -2.47. The summed E-state index contributed by atoms with van der Waals surface area (Å²) in [6, 6.07) is 0.451. The predicted octanol–water partition coefficient (Wildman–Crippen LogP) is 1.31. The summed E-state index contributed by atoms with van der Waals surface area (Å²) in [5.74, 6) is 0.0977. The van der Waals surface area contributed by atoms with Gasteiger partial charge in [0.1, 0.15) is 0 Å². The van der Waals surface area contributed by atoms with Gasteiger partial charge in [0.2, 0.25) is 5.91 Å². The molecule has 0 unspecified atom stereocenters. The first-order chi connectivity index (χ1) is 4.49. The van der Waals surface area contributed by atoms with Gasteiger partial charge in [-0.15, -0.1) is 0 Å². The van der Waals surface area contributed by atoms with Crippen LogP contribution in [0.15, 0.2) is 0 Å². The summed E-state index contributed by atoms with van der Waals surface area (Å²) in [4.78, 5) is 10.5. The molecule has 0 aromatic heterocycles. The van der Waals surface area contributed by atoms with Crippen molar-refractivity contribution in [2.75, 3.05) is 0 Å². The topological polar surface area (TPSA) is 29.1 Å². The van der Waals surface area contributed by atoms with Crippen LogP contribution in [-0.2, 0) is 4.79 Å². The van der Waals surface area contributed by atoms with Gasteiger partial charge in [-0.25, -0.2) is 0 Å². The second kappa shape index (κ2) is 2.26. The van der Waals surface area contributed by atoms with Crippen molar-refractivity contribution in [2.45, 2.75) is 39.7 Å². The number of carbonyl (C=O) groups is 1. The molecule has 0 saturated heterocycles. The second-order valence-electron chi connectivity index (χ2n) is 3.97. The fraction of sp³-hybridized carbons (Fsp3) is 0.875. The van der Waals surface area contributed by atoms with E-state index in [1.165, 1.54) is 0 Å². The minimum Gasteiger partial charge on any atom is -0.354 e. The van der Waals surface area contributed by atoms with Gasteiger partial charge < -0.3 is 5.32 Å². The highest BCUT2D eigenvalue weighted by Gasteiger charge is 2.36. The van der Waals surface area contributed by atoms with Gasteiger partial charge in [-0.3, -0.25) is 4.79 Å². The van der Waals surface area contributed by atoms with Gasteiger partial charge in [-0.1, -0.05) is 13.8 Å². The summed E-state index contributed by atoms with van der Waals surface area (Å²) in [6.45, 7) is 6.03. The zero-order valence-electron chi connectivity index (χ0n) is 6.90. The van der Waals surface area contributed by atoms with Gasteiger partial charge in [-0.05, 0) is 18.3 Å². The molecule has 2 nitrogen and oxygen atoms in total. The van der Waals surface area contributed by atoms with E-state index in [1.54, 1.807) is 6.92 Å². The molecule has 0 aromatic rings. The number of amides is 1. The first-order valence-electron chi connectivity index (χ1n) is 3.77. The summed E-state index contributed by atoms with van der Waals surface area (Å²) in [5, 5.41) is 2.90. The SMILES string of the molecule is CC(=O)NC1CC(C)(C)C1. The minimum absolute atomic E-state index is 0.0977. The normalized spacial score (nSPS) is 23.5. The smallest absolute Gasteiger partial charge is 0.217 e. The number of carbonyl (C=O) groups excluding carboxylic acids is 1. The zero-order chi connectivity index (χ0) is 7.78. The first-order valence-corrected chi connectivity index (χ1v) is 3.77. The highest BCUT2D eigenvalue weighted by atomic mass is 16.1. The molecule has 1 amide bonds. The number of hydrogen-bond acceptors (Lipinski definition) is 1. The van der Waals surface area contributed by atoms with E-state index >= 15 is 0 Å². The summed E-state index contributed by atoms with van der Waals surface area (Å²) in [5.41, 5.74) is 0.465. The molecule has 0 radical (unpaired) electrons. The fourth-order valence-electron chi connectivity index (χ4n) is 1.66. The Morgan fingerprint density at radius 3 is 2.30 bits per heavy atom. The molecule has 1 saturated carbocycles. The molecule has 1 N–H and O–H groups in total. The van der Waals surface area contributed by atoms with E-state index in [0.29, 0.717) is 11.5 Å². The van der Waals surface area contributed by atoms with Crippen molar-refractivity contribution >= 4 is 5.91 Å². The van der Waals surface area contributed by atoms with Crippen molar-refractivity contribution in [1.29, 1.82) is 0 Å².